The highest BCUT2D eigenvalue weighted by Crippen LogP contribution is 2.49. The molecule has 0 saturated carbocycles. The van der Waals surface area contributed by atoms with Gasteiger partial charge in [-0.2, -0.15) is 0 Å². The highest BCUT2D eigenvalue weighted by Gasteiger charge is 2.23. The summed E-state index contributed by atoms with van der Waals surface area (Å²) in [6.07, 6.45) is 0. The Kier molecular flexibility index (Phi) is 6.24. The van der Waals surface area contributed by atoms with Crippen LogP contribution in [0.3, 0.4) is 0 Å². The van der Waals surface area contributed by atoms with Crippen LogP contribution in [-0.2, 0) is 0 Å². The Bertz CT molecular complexity index is 402. The van der Waals surface area contributed by atoms with Crippen molar-refractivity contribution in [2.24, 2.45) is 0 Å². The zero-order valence-corrected chi connectivity index (χ0v) is 17.6. The zero-order valence-electron chi connectivity index (χ0n) is 7.75. The topological polar surface area (TPSA) is 9.23 Å². The van der Waals surface area contributed by atoms with Crippen molar-refractivity contribution in [3.63, 3.8) is 0 Å². The van der Waals surface area contributed by atoms with Gasteiger partial charge in [0, 0.05) is 4.47 Å². The quantitative estimate of drug-likeness (QED) is 0.183. The Morgan fingerprint density at radius 2 is 1.25 bits per heavy atom. The molecule has 8 heteroatoms. The normalized spacial score (nSPS) is 14.7. The Labute approximate surface area is 149 Å². The van der Waals surface area contributed by atoms with Crippen LogP contribution in [0.4, 0.5) is 0 Å². The van der Waals surface area contributed by atoms with E-state index >= 15 is 0 Å². The highest BCUT2D eigenvalue weighted by atomic mass is 79.9. The monoisotopic (exact) mass is 572 g/mol. The maximum Gasteiger partial charge on any atom is 0.226 e. The van der Waals surface area contributed by atoms with Gasteiger partial charge in [0.05, 0.1) is 21.8 Å². The first kappa shape index (κ1) is 16.3. The minimum atomic E-state index is -0.863. The van der Waals surface area contributed by atoms with Gasteiger partial charge in [-0.25, -0.2) is 0 Å². The first-order valence-electron chi connectivity index (χ1n) is 3.83. The second-order valence-corrected chi connectivity index (χ2v) is 9.17. The molecule has 1 atom stereocenters. The maximum atomic E-state index is 6.01. The molecule has 0 spiro atoms. The fourth-order valence-electron chi connectivity index (χ4n) is 0.874. The first-order valence-corrected chi connectivity index (χ1v) is 8.75. The molecule has 0 fully saturated rings. The van der Waals surface area contributed by atoms with Crippen molar-refractivity contribution in [3.05, 3.63) is 22.4 Å². The lowest BCUT2D eigenvalue weighted by molar-refractivity contribution is 0.258. The predicted octanol–water partition coefficient (Wildman–Crippen LogP) is 5.96. The number of alkyl halides is 1. The van der Waals surface area contributed by atoms with Crippen LogP contribution in [0, 0.1) is 0 Å². The Morgan fingerprint density at radius 1 is 0.938 bits per heavy atom. The van der Waals surface area contributed by atoms with Gasteiger partial charge < -0.3 is 4.74 Å². The summed E-state index contributed by atoms with van der Waals surface area (Å²) >= 11 is 25.7. The molecule has 0 saturated heterocycles. The van der Waals surface area contributed by atoms with Crippen molar-refractivity contribution in [3.8, 4) is 5.75 Å². The molecule has 0 aliphatic carbocycles. The third-order valence-electron chi connectivity index (χ3n) is 1.47. The van der Waals surface area contributed by atoms with Gasteiger partial charge in [0.1, 0.15) is 5.75 Å². The second-order valence-electron chi connectivity index (χ2n) is 2.99. The molecular formula is C8H3AlBr5ClO. The minimum Gasteiger partial charge on any atom is -0.489 e. The van der Waals surface area contributed by atoms with Gasteiger partial charge >= 0.3 is 0 Å². The summed E-state index contributed by atoms with van der Waals surface area (Å²) in [7, 11) is 0. The van der Waals surface area contributed by atoms with E-state index < -0.39 is 3.92 Å². The lowest BCUT2D eigenvalue weighted by Gasteiger charge is -2.24. The smallest absolute Gasteiger partial charge is 0.226 e. The summed E-state index contributed by atoms with van der Waals surface area (Å²) in [6.45, 7) is 1.74. The van der Waals surface area contributed by atoms with Gasteiger partial charge in [0.15, 0.2) is 0 Å². The predicted molar refractivity (Wildman–Crippen MR) is 85.6 cm³/mol. The van der Waals surface area contributed by atoms with E-state index in [1.165, 1.54) is 0 Å². The third-order valence-corrected chi connectivity index (χ3v) is 7.69. The van der Waals surface area contributed by atoms with E-state index in [9.17, 15) is 0 Å². The van der Waals surface area contributed by atoms with Crippen LogP contribution in [0.25, 0.3) is 0 Å². The first-order chi connectivity index (χ1) is 7.15. The van der Waals surface area contributed by atoms with Gasteiger partial charge in [-0.05, 0) is 86.6 Å². The molecule has 86 valence electrons. The van der Waals surface area contributed by atoms with Crippen molar-refractivity contribution >= 4 is 108 Å². The number of halogens is 6. The van der Waals surface area contributed by atoms with Crippen LogP contribution in [0.5, 0.6) is 5.75 Å². The number of benzene rings is 1. The number of ether oxygens (including phenoxy) is 1. The molecular weight excluding hydrogens is 574 g/mol. The summed E-state index contributed by atoms with van der Waals surface area (Å²) in [4.78, 5) is 0. The van der Waals surface area contributed by atoms with Crippen LogP contribution in [-0.4, -0.2) is 20.2 Å². The molecule has 2 radical (unpaired) electrons. The molecule has 0 heterocycles. The van der Waals surface area contributed by atoms with Crippen LogP contribution < -0.4 is 4.74 Å². The molecule has 0 aromatic heterocycles. The van der Waals surface area contributed by atoms with Crippen molar-refractivity contribution in [1.29, 1.82) is 0 Å². The molecule has 1 nitrogen and oxygen atoms in total. The zero-order chi connectivity index (χ0) is 12.7. The SMILES string of the molecule is C[C]([Al])(Cl)Oc1c(Br)c(Br)c(Br)c(Br)c1Br. The van der Waals surface area contributed by atoms with Gasteiger partial charge in [-0.15, -0.1) is 0 Å². The molecule has 0 aliphatic heterocycles. The summed E-state index contributed by atoms with van der Waals surface area (Å²) in [5.41, 5.74) is 0. The van der Waals surface area contributed by atoms with E-state index in [0.29, 0.717) is 5.75 Å². The third kappa shape index (κ3) is 3.87. The van der Waals surface area contributed by atoms with Gasteiger partial charge in [0.25, 0.3) is 0 Å². The average molecular weight is 577 g/mol. The highest BCUT2D eigenvalue weighted by molar-refractivity contribution is 9.15. The van der Waals surface area contributed by atoms with E-state index in [0.717, 1.165) is 22.4 Å². The molecule has 1 rings (SSSR count). The fraction of sp³-hybridized carbons (Fsp3) is 0.250. The van der Waals surface area contributed by atoms with Crippen molar-refractivity contribution < 1.29 is 4.74 Å². The van der Waals surface area contributed by atoms with Crippen LogP contribution in [0.1, 0.15) is 6.92 Å². The van der Waals surface area contributed by atoms with Crippen molar-refractivity contribution in [1.82, 2.24) is 0 Å². The molecule has 0 aliphatic rings. The minimum absolute atomic E-state index is 0.620. The molecule has 1 aromatic rings. The number of hydrogen-bond donors (Lipinski definition) is 0. The summed E-state index contributed by atoms with van der Waals surface area (Å²) in [6, 6.07) is 0. The standard InChI is InChI=1S/C8H3Br5ClO.Al/c1-2(14)15-8-6(12)4(10)3(9)5(11)7(8)13;/h1H3;. The van der Waals surface area contributed by atoms with E-state index in [1.54, 1.807) is 6.92 Å². The van der Waals surface area contributed by atoms with Gasteiger partial charge in [-0.3, -0.25) is 0 Å². The lowest BCUT2D eigenvalue weighted by atomic mass is 10.3. The molecule has 1 aromatic carbocycles. The Hall–Kier alpha value is 2.24. The average Bonchev–Trinajstić information content (AvgIpc) is 2.17. The largest absolute Gasteiger partial charge is 0.489 e. The van der Waals surface area contributed by atoms with Gasteiger partial charge in [-0.1, -0.05) is 11.6 Å². The number of hydrogen-bond acceptors (Lipinski definition) is 1. The lowest BCUT2D eigenvalue weighted by Crippen LogP contribution is -2.25. The molecule has 0 N–H and O–H groups in total. The Morgan fingerprint density at radius 3 is 1.56 bits per heavy atom. The second kappa shape index (κ2) is 6.13. The fourth-order valence-corrected chi connectivity index (χ4v) is 4.24. The summed E-state index contributed by atoms with van der Waals surface area (Å²) < 4.78 is 8.92. The van der Waals surface area contributed by atoms with Gasteiger partial charge in [0.2, 0.25) is 16.3 Å². The number of rotatable bonds is 2. The summed E-state index contributed by atoms with van der Waals surface area (Å²) in [5.74, 6) is 0.620. The van der Waals surface area contributed by atoms with Crippen LogP contribution in [0.2, 0.25) is 0 Å². The van der Waals surface area contributed by atoms with Crippen molar-refractivity contribution in [2.75, 3.05) is 0 Å². The van der Waals surface area contributed by atoms with Crippen LogP contribution in [0.15, 0.2) is 22.4 Å². The van der Waals surface area contributed by atoms with Crippen LogP contribution >= 0.6 is 91.3 Å². The van der Waals surface area contributed by atoms with E-state index in [-0.39, 0.29) is 0 Å². The van der Waals surface area contributed by atoms with E-state index in [4.69, 9.17) is 16.3 Å². The molecule has 1 unspecified atom stereocenters. The molecule has 16 heavy (non-hydrogen) atoms. The summed E-state index contributed by atoms with van der Waals surface area (Å²) in [5, 5.41) is 0. The Balaban J connectivity index is 3.40. The molecule has 0 amide bonds. The van der Waals surface area contributed by atoms with E-state index in [2.05, 4.69) is 95.9 Å². The maximum absolute atomic E-state index is 6.01. The molecule has 0 bridgehead atoms. The van der Waals surface area contributed by atoms with Crippen molar-refractivity contribution in [2.45, 2.75) is 10.8 Å². The van der Waals surface area contributed by atoms with E-state index in [1.807, 2.05) is 0 Å².